The zero-order valence-electron chi connectivity index (χ0n) is 25.0. The van der Waals surface area contributed by atoms with E-state index in [1.54, 1.807) is 36.4 Å². The molecular formula is C34H24BrClF3N3O5S2. The lowest BCUT2D eigenvalue weighted by molar-refractivity contribution is -0.137. The smallest absolute Gasteiger partial charge is 0.418 e. The SMILES string of the molecule is O=C(COc1ccc(Br)cc1[C@H]1c2sc(=O)[nH]c2SC2C3CC(C4C(=O)N(c5ccccc5C(F)(F)F)C(=O)C34)C21)Nc1ccc(Cl)cc1. The van der Waals surface area contributed by atoms with Crippen molar-refractivity contribution in [3.63, 3.8) is 0 Å². The quantitative estimate of drug-likeness (QED) is 0.195. The van der Waals surface area contributed by atoms with Gasteiger partial charge in [0.1, 0.15) is 5.75 Å². The van der Waals surface area contributed by atoms with Crippen LogP contribution in [0.5, 0.6) is 5.75 Å². The first-order valence-electron chi connectivity index (χ1n) is 15.3. The van der Waals surface area contributed by atoms with E-state index >= 15 is 0 Å². The van der Waals surface area contributed by atoms with Crippen LogP contribution in [0.2, 0.25) is 5.02 Å². The number of benzene rings is 3. The Labute approximate surface area is 298 Å². The molecule has 49 heavy (non-hydrogen) atoms. The summed E-state index contributed by atoms with van der Waals surface area (Å²) < 4.78 is 48.9. The molecule has 7 atom stereocenters. The molecule has 4 aromatic rings. The number of carbonyl (C=O) groups is 3. The number of alkyl halides is 3. The van der Waals surface area contributed by atoms with Crippen LogP contribution in [0.25, 0.3) is 0 Å². The molecule has 3 heterocycles. The first-order valence-corrected chi connectivity index (χ1v) is 18.2. The van der Waals surface area contributed by atoms with Crippen LogP contribution < -0.4 is 19.8 Å². The number of H-pyrrole nitrogens is 1. The minimum Gasteiger partial charge on any atom is -0.483 e. The lowest BCUT2D eigenvalue weighted by Gasteiger charge is -2.43. The van der Waals surface area contributed by atoms with Gasteiger partial charge < -0.3 is 15.0 Å². The molecule has 3 aromatic carbocycles. The fraction of sp³-hybridized carbons (Fsp3) is 0.294. The minimum absolute atomic E-state index is 0.205. The monoisotopic (exact) mass is 789 g/mol. The number of para-hydroxylation sites is 1. The zero-order chi connectivity index (χ0) is 34.4. The number of amides is 3. The van der Waals surface area contributed by atoms with Crippen LogP contribution in [-0.2, 0) is 20.6 Å². The lowest BCUT2D eigenvalue weighted by atomic mass is 9.68. The highest BCUT2D eigenvalue weighted by atomic mass is 79.9. The summed E-state index contributed by atoms with van der Waals surface area (Å²) in [6.45, 7) is -0.319. The van der Waals surface area contributed by atoms with Crippen molar-refractivity contribution in [2.75, 3.05) is 16.8 Å². The molecule has 0 radical (unpaired) electrons. The second-order valence-electron chi connectivity index (χ2n) is 12.5. The van der Waals surface area contributed by atoms with Crippen molar-refractivity contribution in [2.45, 2.75) is 28.8 Å². The summed E-state index contributed by atoms with van der Waals surface area (Å²) in [6.07, 6.45) is -4.21. The van der Waals surface area contributed by atoms with Crippen LogP contribution in [0, 0.1) is 29.6 Å². The topological polar surface area (TPSA) is 109 Å². The lowest BCUT2D eigenvalue weighted by Crippen LogP contribution is -2.42. The molecule has 252 valence electrons. The van der Waals surface area contributed by atoms with Crippen LogP contribution in [0.1, 0.15) is 28.3 Å². The number of carbonyl (C=O) groups excluding carboxylic acids is 3. The summed E-state index contributed by atoms with van der Waals surface area (Å²) in [6, 6.07) is 16.7. The van der Waals surface area contributed by atoms with Gasteiger partial charge in [0.05, 0.1) is 28.1 Å². The molecule has 8 rings (SSSR count). The number of halogens is 5. The van der Waals surface area contributed by atoms with Gasteiger partial charge in [-0.2, -0.15) is 13.2 Å². The van der Waals surface area contributed by atoms with E-state index in [2.05, 4.69) is 26.2 Å². The second kappa shape index (κ2) is 12.0. The molecule has 2 saturated carbocycles. The van der Waals surface area contributed by atoms with Gasteiger partial charge in [-0.15, -0.1) is 11.8 Å². The Bertz CT molecular complexity index is 2090. The third-order valence-corrected chi connectivity index (χ3v) is 13.3. The molecule has 1 aromatic heterocycles. The third-order valence-electron chi connectivity index (χ3n) is 9.97. The van der Waals surface area contributed by atoms with Crippen molar-refractivity contribution >= 4 is 79.7 Å². The molecule has 2 aliphatic heterocycles. The number of rotatable bonds is 6. The van der Waals surface area contributed by atoms with Gasteiger partial charge >= 0.3 is 11.0 Å². The number of thioether (sulfide) groups is 1. The molecule has 15 heteroatoms. The molecule has 3 amide bonds. The van der Waals surface area contributed by atoms with Gasteiger partial charge in [0.25, 0.3) is 5.91 Å². The number of thiazole rings is 1. The van der Waals surface area contributed by atoms with Crippen LogP contribution >= 0.6 is 50.6 Å². The van der Waals surface area contributed by atoms with Crippen molar-refractivity contribution in [3.8, 4) is 5.75 Å². The van der Waals surface area contributed by atoms with E-state index in [1.165, 1.54) is 30.0 Å². The number of anilines is 2. The highest BCUT2D eigenvalue weighted by molar-refractivity contribution is 9.10. The fourth-order valence-electron chi connectivity index (χ4n) is 8.28. The van der Waals surface area contributed by atoms with Crippen molar-refractivity contribution in [1.82, 2.24) is 4.98 Å². The van der Waals surface area contributed by atoms with E-state index in [9.17, 15) is 32.3 Å². The number of aromatic nitrogens is 1. The fourth-order valence-corrected chi connectivity index (χ4v) is 11.7. The zero-order valence-corrected chi connectivity index (χ0v) is 29.0. The standard InChI is InChI=1S/C34H24BrClF3N3O5S2/c35-14-5-10-22(47-13-23(43)40-16-8-6-15(36)7-9-16)17(11-14)24-25-18-12-19(28(25)48-30-29(24)49-33(46)41-30)27-26(18)31(44)42(32(27)45)21-4-2-1-3-20(21)34(37,38)39/h1-11,18-19,24-28H,12-13H2,(H,40,43)(H,41,46)/t18?,19?,24-,25?,26?,27?,28?/m1/s1. The average Bonchev–Trinajstić information content (AvgIpc) is 3.80. The Kier molecular flexibility index (Phi) is 8.00. The highest BCUT2D eigenvalue weighted by Crippen LogP contribution is 2.69. The molecule has 2 bridgehead atoms. The Hall–Kier alpha value is -3.59. The maximum atomic E-state index is 14.1. The van der Waals surface area contributed by atoms with Gasteiger partial charge in [-0.05, 0) is 78.8 Å². The molecule has 2 N–H and O–H groups in total. The minimum atomic E-state index is -4.76. The first kappa shape index (κ1) is 32.6. The van der Waals surface area contributed by atoms with E-state index in [-0.39, 0.29) is 34.5 Å². The molecule has 2 aliphatic carbocycles. The molecular weight excluding hydrogens is 767 g/mol. The summed E-state index contributed by atoms with van der Waals surface area (Å²) >= 11 is 12.0. The maximum absolute atomic E-state index is 14.1. The molecule has 8 nitrogen and oxygen atoms in total. The van der Waals surface area contributed by atoms with Crippen LogP contribution in [0.15, 0.2) is 81.0 Å². The van der Waals surface area contributed by atoms with Crippen LogP contribution in [-0.4, -0.2) is 34.6 Å². The normalized spacial score (nSPS) is 26.8. The number of ether oxygens (including phenoxy) is 1. The molecule has 6 unspecified atom stereocenters. The van der Waals surface area contributed by atoms with Gasteiger partial charge in [0.2, 0.25) is 11.8 Å². The van der Waals surface area contributed by atoms with Crippen molar-refractivity contribution in [3.05, 3.63) is 102 Å². The Morgan fingerprint density at radius 2 is 1.73 bits per heavy atom. The number of nitrogens with one attached hydrogen (secondary N) is 2. The first-order chi connectivity index (χ1) is 23.4. The average molecular weight is 791 g/mol. The molecule has 3 fully saturated rings. The highest BCUT2D eigenvalue weighted by Gasteiger charge is 2.70. The number of fused-ring (bicyclic) bond motifs is 9. The largest absolute Gasteiger partial charge is 0.483 e. The summed E-state index contributed by atoms with van der Waals surface area (Å²) in [5, 5.41) is 3.75. The van der Waals surface area contributed by atoms with E-state index < -0.39 is 52.9 Å². The summed E-state index contributed by atoms with van der Waals surface area (Å²) in [5.41, 5.74) is -0.249. The van der Waals surface area contributed by atoms with Gasteiger partial charge in [-0.1, -0.05) is 51.0 Å². The predicted octanol–water partition coefficient (Wildman–Crippen LogP) is 7.57. The van der Waals surface area contributed by atoms with Crippen molar-refractivity contribution in [1.29, 1.82) is 0 Å². The Balaban J connectivity index is 1.15. The number of imide groups is 1. The number of hydrogen-bond donors (Lipinski definition) is 2. The van der Waals surface area contributed by atoms with E-state index in [0.717, 1.165) is 31.7 Å². The summed E-state index contributed by atoms with van der Waals surface area (Å²) in [7, 11) is 0. The Morgan fingerprint density at radius 3 is 2.47 bits per heavy atom. The summed E-state index contributed by atoms with van der Waals surface area (Å²) in [5.74, 6) is -4.15. The number of hydrogen-bond acceptors (Lipinski definition) is 7. The van der Waals surface area contributed by atoms with Crippen LogP contribution in [0.3, 0.4) is 0 Å². The number of nitrogens with zero attached hydrogens (tertiary/aromatic N) is 1. The third kappa shape index (κ3) is 5.42. The van der Waals surface area contributed by atoms with E-state index in [4.69, 9.17) is 16.3 Å². The van der Waals surface area contributed by atoms with Crippen molar-refractivity contribution < 1.29 is 32.3 Å². The maximum Gasteiger partial charge on any atom is 0.418 e. The van der Waals surface area contributed by atoms with E-state index in [1.807, 2.05) is 6.07 Å². The molecule has 1 saturated heterocycles. The van der Waals surface area contributed by atoms with Crippen LogP contribution in [0.4, 0.5) is 24.5 Å². The van der Waals surface area contributed by atoms with Gasteiger partial charge in [0, 0.05) is 36.8 Å². The van der Waals surface area contributed by atoms with Gasteiger partial charge in [-0.3, -0.25) is 19.2 Å². The molecule has 4 aliphatic rings. The van der Waals surface area contributed by atoms with E-state index in [0.29, 0.717) is 33.5 Å². The Morgan fingerprint density at radius 1 is 1.02 bits per heavy atom. The summed E-state index contributed by atoms with van der Waals surface area (Å²) in [4.78, 5) is 57.8. The van der Waals surface area contributed by atoms with Gasteiger partial charge in [-0.25, -0.2) is 4.90 Å². The second-order valence-corrected chi connectivity index (χ2v) is 16.1. The van der Waals surface area contributed by atoms with Gasteiger partial charge in [0.15, 0.2) is 6.61 Å². The predicted molar refractivity (Wildman–Crippen MR) is 182 cm³/mol. The van der Waals surface area contributed by atoms with Crippen molar-refractivity contribution in [2.24, 2.45) is 29.6 Å². The molecule has 0 spiro atoms. The number of aromatic amines is 1.